The van der Waals surface area contributed by atoms with Crippen LogP contribution in [0.2, 0.25) is 0 Å². The lowest BCUT2D eigenvalue weighted by Crippen LogP contribution is -2.57. The minimum atomic E-state index is -1.23. The first-order chi connectivity index (χ1) is 14.4. The zero-order chi connectivity index (χ0) is 24.1. The number of aliphatic imine (C=N–C) groups is 1. The number of nitrogens with zero attached hydrogens (tertiary/aromatic N) is 1. The molecule has 0 saturated heterocycles. The molecule has 0 aromatic heterocycles. The van der Waals surface area contributed by atoms with Crippen LogP contribution in [0.5, 0.6) is 0 Å². The van der Waals surface area contributed by atoms with E-state index in [-0.39, 0.29) is 30.6 Å². The standard InChI is InChI=1S/C18H35N7O5S/c1-9(2)7-11(19)15(27)23-10(3)14(26)25-13(8-31)16(28)24-12(17(29)30)5-4-6-22-18(20)21/h9-13,31H,4-8,19H2,1-3H3,(H,23,27)(H,24,28)(H,25,26)(H,29,30)(H4,20,21,22). The fourth-order valence-electron chi connectivity index (χ4n) is 2.52. The molecular weight excluding hydrogens is 426 g/mol. The van der Waals surface area contributed by atoms with Gasteiger partial charge in [0.05, 0.1) is 6.04 Å². The molecule has 0 aromatic rings. The van der Waals surface area contributed by atoms with Crippen LogP contribution in [0.3, 0.4) is 0 Å². The summed E-state index contributed by atoms with van der Waals surface area (Å²) in [5.74, 6) is -3.03. The van der Waals surface area contributed by atoms with Crippen molar-refractivity contribution in [1.29, 1.82) is 0 Å². The van der Waals surface area contributed by atoms with Crippen molar-refractivity contribution in [1.82, 2.24) is 16.0 Å². The first-order valence-corrected chi connectivity index (χ1v) is 10.6. The summed E-state index contributed by atoms with van der Waals surface area (Å²) in [6.07, 6.45) is 0.875. The Morgan fingerprint density at radius 2 is 1.55 bits per heavy atom. The third kappa shape index (κ3) is 12.0. The summed E-state index contributed by atoms with van der Waals surface area (Å²) >= 11 is 4.04. The van der Waals surface area contributed by atoms with E-state index in [1.54, 1.807) is 0 Å². The fraction of sp³-hybridized carbons (Fsp3) is 0.722. The molecular formula is C18H35N7O5S. The van der Waals surface area contributed by atoms with Gasteiger partial charge in [-0.25, -0.2) is 4.79 Å². The van der Waals surface area contributed by atoms with Gasteiger partial charge < -0.3 is 38.3 Å². The van der Waals surface area contributed by atoms with E-state index in [4.69, 9.17) is 17.2 Å². The summed E-state index contributed by atoms with van der Waals surface area (Å²) in [5.41, 5.74) is 16.2. The fourth-order valence-corrected chi connectivity index (χ4v) is 2.78. The van der Waals surface area contributed by atoms with Crippen LogP contribution in [-0.2, 0) is 19.2 Å². The molecule has 0 aromatic carbocycles. The maximum atomic E-state index is 12.4. The van der Waals surface area contributed by atoms with Crippen LogP contribution in [0.1, 0.15) is 40.0 Å². The van der Waals surface area contributed by atoms with Gasteiger partial charge in [-0.2, -0.15) is 12.6 Å². The molecule has 10 N–H and O–H groups in total. The van der Waals surface area contributed by atoms with Crippen LogP contribution in [0, 0.1) is 5.92 Å². The smallest absolute Gasteiger partial charge is 0.326 e. The SMILES string of the molecule is CC(C)CC(N)C(=O)NC(C)C(=O)NC(CS)C(=O)NC(CCCN=C(N)N)C(=O)O. The number of carbonyl (C=O) groups excluding carboxylic acids is 3. The van der Waals surface area contributed by atoms with Crippen LogP contribution in [0.4, 0.5) is 0 Å². The van der Waals surface area contributed by atoms with E-state index in [0.717, 1.165) is 0 Å². The summed E-state index contributed by atoms with van der Waals surface area (Å²) in [6.45, 7) is 5.51. The van der Waals surface area contributed by atoms with Gasteiger partial charge in [0.1, 0.15) is 18.1 Å². The molecule has 0 rings (SSSR count). The first kappa shape index (κ1) is 28.5. The number of nitrogens with one attached hydrogen (secondary N) is 3. The molecule has 0 saturated carbocycles. The number of hydrogen-bond donors (Lipinski definition) is 8. The summed E-state index contributed by atoms with van der Waals surface area (Å²) in [7, 11) is 0. The average Bonchev–Trinajstić information content (AvgIpc) is 2.66. The summed E-state index contributed by atoms with van der Waals surface area (Å²) < 4.78 is 0. The lowest BCUT2D eigenvalue weighted by molar-refractivity contribution is -0.142. The Hall–Kier alpha value is -2.54. The molecule has 12 nitrogen and oxygen atoms in total. The minimum absolute atomic E-state index is 0.0779. The van der Waals surface area contributed by atoms with Gasteiger partial charge in [0.25, 0.3) is 0 Å². The van der Waals surface area contributed by atoms with Crippen LogP contribution in [0.25, 0.3) is 0 Å². The summed E-state index contributed by atoms with van der Waals surface area (Å²) in [5, 5.41) is 16.6. The van der Waals surface area contributed by atoms with E-state index in [9.17, 15) is 24.3 Å². The number of carbonyl (C=O) groups is 4. The quantitative estimate of drug-likeness (QED) is 0.0619. The number of aliphatic carboxylic acids is 1. The van der Waals surface area contributed by atoms with Crippen LogP contribution < -0.4 is 33.2 Å². The van der Waals surface area contributed by atoms with Crippen molar-refractivity contribution in [3.63, 3.8) is 0 Å². The Morgan fingerprint density at radius 3 is 2.03 bits per heavy atom. The van der Waals surface area contributed by atoms with E-state index in [1.807, 2.05) is 13.8 Å². The number of hydrogen-bond acceptors (Lipinski definition) is 7. The molecule has 3 amide bonds. The first-order valence-electron chi connectivity index (χ1n) is 9.94. The maximum absolute atomic E-state index is 12.4. The lowest BCUT2D eigenvalue weighted by Gasteiger charge is -2.23. The second-order valence-electron chi connectivity index (χ2n) is 7.56. The van der Waals surface area contributed by atoms with Crippen molar-refractivity contribution in [2.45, 2.75) is 64.2 Å². The predicted octanol–water partition coefficient (Wildman–Crippen LogP) is -2.10. The zero-order valence-electron chi connectivity index (χ0n) is 18.1. The third-order valence-corrected chi connectivity index (χ3v) is 4.55. The molecule has 0 aliphatic heterocycles. The molecule has 4 atom stereocenters. The van der Waals surface area contributed by atoms with Crippen molar-refractivity contribution >= 4 is 42.3 Å². The van der Waals surface area contributed by atoms with Crippen molar-refractivity contribution in [3.8, 4) is 0 Å². The number of amides is 3. The molecule has 0 radical (unpaired) electrons. The Balaban J connectivity index is 4.80. The number of carboxylic acids is 1. The molecule has 0 heterocycles. The normalized spacial score (nSPS) is 14.6. The Bertz CT molecular complexity index is 655. The number of thiol groups is 1. The topological polar surface area (TPSA) is 215 Å². The van der Waals surface area contributed by atoms with Gasteiger partial charge in [0, 0.05) is 12.3 Å². The monoisotopic (exact) mass is 461 g/mol. The van der Waals surface area contributed by atoms with Gasteiger partial charge >= 0.3 is 5.97 Å². The van der Waals surface area contributed by atoms with E-state index in [2.05, 4.69) is 33.6 Å². The van der Waals surface area contributed by atoms with Gasteiger partial charge in [0.15, 0.2) is 5.96 Å². The predicted molar refractivity (Wildman–Crippen MR) is 120 cm³/mol. The Kier molecular flexibility index (Phi) is 13.3. The highest BCUT2D eigenvalue weighted by molar-refractivity contribution is 7.80. The Labute approximate surface area is 187 Å². The van der Waals surface area contributed by atoms with Gasteiger partial charge in [-0.05, 0) is 32.1 Å². The van der Waals surface area contributed by atoms with Crippen LogP contribution >= 0.6 is 12.6 Å². The van der Waals surface area contributed by atoms with Gasteiger partial charge in [-0.15, -0.1) is 0 Å². The average molecular weight is 462 g/mol. The van der Waals surface area contributed by atoms with Crippen LogP contribution in [0.15, 0.2) is 4.99 Å². The zero-order valence-corrected chi connectivity index (χ0v) is 19.0. The highest BCUT2D eigenvalue weighted by Crippen LogP contribution is 2.03. The lowest BCUT2D eigenvalue weighted by atomic mass is 10.0. The molecule has 31 heavy (non-hydrogen) atoms. The minimum Gasteiger partial charge on any atom is -0.480 e. The summed E-state index contributed by atoms with van der Waals surface area (Å²) in [6, 6.07) is -3.99. The maximum Gasteiger partial charge on any atom is 0.326 e. The van der Waals surface area contributed by atoms with E-state index < -0.39 is 47.9 Å². The van der Waals surface area contributed by atoms with Crippen molar-refractivity contribution in [2.75, 3.05) is 12.3 Å². The van der Waals surface area contributed by atoms with Gasteiger partial charge in [0.2, 0.25) is 17.7 Å². The van der Waals surface area contributed by atoms with Gasteiger partial charge in [-0.3, -0.25) is 19.4 Å². The van der Waals surface area contributed by atoms with Crippen LogP contribution in [-0.4, -0.2) is 71.2 Å². The number of carboxylic acid groups (broad SMARTS) is 1. The highest BCUT2D eigenvalue weighted by Gasteiger charge is 2.28. The number of rotatable bonds is 14. The molecule has 4 unspecified atom stereocenters. The Morgan fingerprint density at radius 1 is 0.968 bits per heavy atom. The van der Waals surface area contributed by atoms with E-state index in [0.29, 0.717) is 12.8 Å². The largest absolute Gasteiger partial charge is 0.480 e. The number of nitrogens with two attached hydrogens (primary N) is 3. The summed E-state index contributed by atoms with van der Waals surface area (Å²) in [4.78, 5) is 52.0. The molecule has 0 aliphatic carbocycles. The molecule has 0 spiro atoms. The highest BCUT2D eigenvalue weighted by atomic mass is 32.1. The van der Waals surface area contributed by atoms with E-state index >= 15 is 0 Å². The van der Waals surface area contributed by atoms with Gasteiger partial charge in [-0.1, -0.05) is 13.8 Å². The van der Waals surface area contributed by atoms with E-state index in [1.165, 1.54) is 6.92 Å². The second kappa shape index (κ2) is 14.5. The third-order valence-electron chi connectivity index (χ3n) is 4.19. The van der Waals surface area contributed by atoms with Crippen molar-refractivity contribution in [2.24, 2.45) is 28.1 Å². The second-order valence-corrected chi connectivity index (χ2v) is 7.92. The van der Waals surface area contributed by atoms with Crippen molar-refractivity contribution < 1.29 is 24.3 Å². The van der Waals surface area contributed by atoms with Crippen molar-refractivity contribution in [3.05, 3.63) is 0 Å². The molecule has 0 bridgehead atoms. The molecule has 13 heteroatoms. The molecule has 178 valence electrons. The molecule has 0 fully saturated rings. The molecule has 0 aliphatic rings. The number of guanidine groups is 1.